The maximum Gasteiger partial charge on any atom is 0.144 e. The van der Waals surface area contributed by atoms with Gasteiger partial charge in [-0.05, 0) is 22.8 Å². The predicted octanol–water partition coefficient (Wildman–Crippen LogP) is 2.05. The van der Waals surface area contributed by atoms with Crippen molar-refractivity contribution < 1.29 is 8.42 Å². The zero-order valence-electron chi connectivity index (χ0n) is 9.17. The molecule has 88 valence electrons. The number of hydrogen-bond donors (Lipinski definition) is 2. The molecule has 0 unspecified atom stereocenters. The van der Waals surface area contributed by atoms with Gasteiger partial charge in [0.05, 0.1) is 5.75 Å². The molecular formula is C13H13NO2S. The Morgan fingerprint density at radius 1 is 0.941 bits per heavy atom. The normalized spacial score (nSPS) is 10.6. The van der Waals surface area contributed by atoms with Gasteiger partial charge in [-0.2, -0.15) is 0 Å². The Labute approximate surface area is 102 Å². The van der Waals surface area contributed by atoms with Crippen molar-refractivity contribution in [3.05, 3.63) is 54.1 Å². The average Bonchev–Trinajstić information content (AvgIpc) is 2.32. The fraction of sp³-hybridized carbons (Fsp3) is 0.0769. The summed E-state index contributed by atoms with van der Waals surface area (Å²) < 4.78 is 21.8. The van der Waals surface area contributed by atoms with Crippen LogP contribution in [-0.2, 0) is 16.5 Å². The summed E-state index contributed by atoms with van der Waals surface area (Å²) in [6, 6.07) is 15.1. The summed E-state index contributed by atoms with van der Waals surface area (Å²) >= 11 is 0. The second-order valence-corrected chi connectivity index (χ2v) is 4.71. The number of nitrogens with two attached hydrogens (primary N) is 1. The Bertz CT molecular complexity index is 584. The van der Waals surface area contributed by atoms with Crippen LogP contribution in [0.2, 0.25) is 0 Å². The molecule has 0 amide bonds. The molecule has 2 rings (SSSR count). The summed E-state index contributed by atoms with van der Waals surface area (Å²) in [5.41, 5.74) is 8.89. The van der Waals surface area contributed by atoms with Gasteiger partial charge >= 0.3 is 0 Å². The number of rotatable bonds is 3. The summed E-state index contributed by atoms with van der Waals surface area (Å²) in [4.78, 5) is 0. The van der Waals surface area contributed by atoms with E-state index in [9.17, 15) is 8.42 Å². The van der Waals surface area contributed by atoms with E-state index in [1.165, 1.54) is 0 Å². The third-order valence-corrected chi connectivity index (χ3v) is 3.16. The minimum absolute atomic E-state index is 0.0216. The van der Waals surface area contributed by atoms with Gasteiger partial charge in [0, 0.05) is 5.69 Å². The third kappa shape index (κ3) is 2.65. The quantitative estimate of drug-likeness (QED) is 0.644. The summed E-state index contributed by atoms with van der Waals surface area (Å²) in [7, 11) is -2.48. The van der Waals surface area contributed by atoms with Gasteiger partial charge in [0.1, 0.15) is 10.7 Å². The van der Waals surface area contributed by atoms with Gasteiger partial charge in [-0.1, -0.05) is 42.5 Å². The highest BCUT2D eigenvalue weighted by Crippen LogP contribution is 2.28. The Hall–Kier alpha value is -1.81. The lowest BCUT2D eigenvalue weighted by Crippen LogP contribution is -1.98. The average molecular weight is 247 g/mol. The minimum atomic E-state index is -2.48. The standard InChI is InChI=1S/C13H13NO2S/c14-13-8-4-7-11(12(13)9-17(15)16)10-5-2-1-3-6-10/h1-8,17H,9,14H2. The van der Waals surface area contributed by atoms with Gasteiger partial charge in [-0.15, -0.1) is 0 Å². The van der Waals surface area contributed by atoms with Crippen molar-refractivity contribution in [2.45, 2.75) is 5.75 Å². The van der Waals surface area contributed by atoms with Crippen LogP contribution in [0.15, 0.2) is 48.5 Å². The molecule has 2 N–H and O–H groups in total. The van der Waals surface area contributed by atoms with Gasteiger partial charge in [0.25, 0.3) is 0 Å². The number of anilines is 1. The SMILES string of the molecule is Nc1cccc(-c2ccccc2)c1C[SH](=O)=O. The highest BCUT2D eigenvalue weighted by Gasteiger charge is 2.08. The first-order valence-electron chi connectivity index (χ1n) is 5.23. The monoisotopic (exact) mass is 247 g/mol. The summed E-state index contributed by atoms with van der Waals surface area (Å²) in [6.45, 7) is 0. The van der Waals surface area contributed by atoms with Crippen molar-refractivity contribution >= 4 is 16.4 Å². The molecule has 0 aromatic heterocycles. The molecule has 3 nitrogen and oxygen atoms in total. The zero-order chi connectivity index (χ0) is 12.3. The molecule has 0 heterocycles. The largest absolute Gasteiger partial charge is 0.398 e. The molecule has 0 aliphatic carbocycles. The number of benzene rings is 2. The Balaban J connectivity index is 2.58. The molecule has 0 radical (unpaired) electrons. The molecule has 0 saturated heterocycles. The van der Waals surface area contributed by atoms with Crippen molar-refractivity contribution in [2.24, 2.45) is 0 Å². The van der Waals surface area contributed by atoms with E-state index < -0.39 is 10.7 Å². The van der Waals surface area contributed by atoms with E-state index in [2.05, 4.69) is 0 Å². The van der Waals surface area contributed by atoms with Crippen LogP contribution < -0.4 is 5.73 Å². The molecule has 4 heteroatoms. The van der Waals surface area contributed by atoms with E-state index >= 15 is 0 Å². The van der Waals surface area contributed by atoms with E-state index in [-0.39, 0.29) is 5.75 Å². The van der Waals surface area contributed by atoms with Gasteiger partial charge in [-0.25, -0.2) is 8.42 Å². The maximum atomic E-state index is 10.9. The molecule has 0 atom stereocenters. The Kier molecular flexibility index (Phi) is 3.44. The van der Waals surface area contributed by atoms with Gasteiger partial charge < -0.3 is 5.73 Å². The first-order valence-corrected chi connectivity index (χ1v) is 6.59. The highest BCUT2D eigenvalue weighted by atomic mass is 32.2. The number of hydrogen-bond acceptors (Lipinski definition) is 3. The first kappa shape index (κ1) is 11.7. The van der Waals surface area contributed by atoms with E-state index in [0.717, 1.165) is 11.1 Å². The molecule has 0 aliphatic heterocycles. The fourth-order valence-electron chi connectivity index (χ4n) is 1.80. The van der Waals surface area contributed by atoms with E-state index in [1.807, 2.05) is 42.5 Å². The zero-order valence-corrected chi connectivity index (χ0v) is 10.1. The lowest BCUT2D eigenvalue weighted by Gasteiger charge is -2.10. The molecule has 2 aromatic rings. The molecular weight excluding hydrogens is 234 g/mol. The highest BCUT2D eigenvalue weighted by molar-refractivity contribution is 7.71. The van der Waals surface area contributed by atoms with Crippen LogP contribution in [-0.4, -0.2) is 8.42 Å². The van der Waals surface area contributed by atoms with E-state index in [0.29, 0.717) is 11.3 Å². The predicted molar refractivity (Wildman–Crippen MR) is 70.3 cm³/mol. The smallest absolute Gasteiger partial charge is 0.144 e. The molecule has 0 bridgehead atoms. The van der Waals surface area contributed by atoms with E-state index in [4.69, 9.17) is 5.73 Å². The molecule has 0 saturated carbocycles. The maximum absolute atomic E-state index is 10.9. The fourth-order valence-corrected chi connectivity index (χ4v) is 2.41. The summed E-state index contributed by atoms with van der Waals surface area (Å²) in [6.07, 6.45) is 0. The molecule has 17 heavy (non-hydrogen) atoms. The minimum Gasteiger partial charge on any atom is -0.398 e. The Morgan fingerprint density at radius 2 is 1.65 bits per heavy atom. The van der Waals surface area contributed by atoms with Crippen LogP contribution in [0.4, 0.5) is 5.69 Å². The van der Waals surface area contributed by atoms with Crippen LogP contribution in [0, 0.1) is 0 Å². The van der Waals surface area contributed by atoms with Gasteiger partial charge in [0.2, 0.25) is 0 Å². The summed E-state index contributed by atoms with van der Waals surface area (Å²) in [5.74, 6) is -0.0216. The lowest BCUT2D eigenvalue weighted by atomic mass is 9.99. The van der Waals surface area contributed by atoms with Crippen molar-refractivity contribution in [3.8, 4) is 11.1 Å². The second kappa shape index (κ2) is 5.01. The second-order valence-electron chi connectivity index (χ2n) is 3.73. The van der Waals surface area contributed by atoms with Crippen molar-refractivity contribution in [1.82, 2.24) is 0 Å². The molecule has 0 spiro atoms. The van der Waals surface area contributed by atoms with Crippen LogP contribution in [0.1, 0.15) is 5.56 Å². The third-order valence-electron chi connectivity index (χ3n) is 2.58. The van der Waals surface area contributed by atoms with Crippen LogP contribution in [0.25, 0.3) is 11.1 Å². The van der Waals surface area contributed by atoms with E-state index in [1.54, 1.807) is 6.07 Å². The topological polar surface area (TPSA) is 60.2 Å². The van der Waals surface area contributed by atoms with Crippen molar-refractivity contribution in [1.29, 1.82) is 0 Å². The lowest BCUT2D eigenvalue weighted by molar-refractivity contribution is 0.614. The van der Waals surface area contributed by atoms with Gasteiger partial charge in [0.15, 0.2) is 0 Å². The first-order chi connectivity index (χ1) is 8.18. The van der Waals surface area contributed by atoms with Crippen molar-refractivity contribution in [2.75, 3.05) is 5.73 Å². The number of thiol groups is 1. The van der Waals surface area contributed by atoms with Crippen LogP contribution in [0.3, 0.4) is 0 Å². The molecule has 0 fully saturated rings. The van der Waals surface area contributed by atoms with Crippen molar-refractivity contribution in [3.63, 3.8) is 0 Å². The van der Waals surface area contributed by atoms with Crippen LogP contribution in [0.5, 0.6) is 0 Å². The summed E-state index contributed by atoms with van der Waals surface area (Å²) in [5, 5.41) is 0. The van der Waals surface area contributed by atoms with Gasteiger partial charge in [-0.3, -0.25) is 0 Å². The molecule has 0 aliphatic rings. The molecule has 2 aromatic carbocycles. The van der Waals surface area contributed by atoms with Crippen LogP contribution >= 0.6 is 0 Å². The number of nitrogen functional groups attached to an aromatic ring is 1. The Morgan fingerprint density at radius 3 is 2.29 bits per heavy atom.